The SMILES string of the molecule is O=C(c1ccc(OC2CC2)cc1)C1CN2CCN1CC2. The van der Waals surface area contributed by atoms with Crippen LogP contribution in [0.4, 0.5) is 0 Å². The van der Waals surface area contributed by atoms with Gasteiger partial charge in [0.15, 0.2) is 5.78 Å². The van der Waals surface area contributed by atoms with Crippen LogP contribution in [-0.2, 0) is 0 Å². The number of nitrogens with zero attached hydrogens (tertiary/aromatic N) is 2. The molecular weight excluding hydrogens is 252 g/mol. The summed E-state index contributed by atoms with van der Waals surface area (Å²) in [6.45, 7) is 5.16. The molecule has 5 rings (SSSR count). The normalized spacial score (nSPS) is 32.1. The predicted molar refractivity (Wildman–Crippen MR) is 76.2 cm³/mol. The summed E-state index contributed by atoms with van der Waals surface area (Å²) in [6.07, 6.45) is 2.73. The Morgan fingerprint density at radius 1 is 1.05 bits per heavy atom. The molecule has 1 aromatic carbocycles. The van der Waals surface area contributed by atoms with E-state index in [9.17, 15) is 4.79 Å². The standard InChI is InChI=1S/C16H20N2O2/c19-16(15-11-17-7-9-18(15)10-8-17)12-1-3-13(4-2-12)20-14-5-6-14/h1-4,14-15H,5-11H2. The van der Waals surface area contributed by atoms with E-state index in [4.69, 9.17) is 4.74 Å². The Balaban J connectivity index is 1.47. The molecule has 4 fully saturated rings. The van der Waals surface area contributed by atoms with Gasteiger partial charge in [0.2, 0.25) is 0 Å². The third-order valence-corrected chi connectivity index (χ3v) is 4.55. The van der Waals surface area contributed by atoms with Crippen molar-refractivity contribution < 1.29 is 9.53 Å². The van der Waals surface area contributed by atoms with Gasteiger partial charge in [0, 0.05) is 38.3 Å². The molecule has 4 heteroatoms. The number of carbonyl (C=O) groups is 1. The number of hydrogen-bond donors (Lipinski definition) is 0. The van der Waals surface area contributed by atoms with E-state index in [1.54, 1.807) is 0 Å². The highest BCUT2D eigenvalue weighted by atomic mass is 16.5. The quantitative estimate of drug-likeness (QED) is 0.776. The van der Waals surface area contributed by atoms with Gasteiger partial charge in [0.05, 0.1) is 12.1 Å². The van der Waals surface area contributed by atoms with Crippen LogP contribution in [0.15, 0.2) is 24.3 Å². The zero-order chi connectivity index (χ0) is 13.5. The van der Waals surface area contributed by atoms with Crippen molar-refractivity contribution >= 4 is 5.78 Å². The number of ether oxygens (including phenoxy) is 1. The Kier molecular flexibility index (Phi) is 3.00. The van der Waals surface area contributed by atoms with E-state index in [1.807, 2.05) is 24.3 Å². The second-order valence-electron chi connectivity index (χ2n) is 6.06. The summed E-state index contributed by atoms with van der Waals surface area (Å²) in [5.41, 5.74) is 0.812. The summed E-state index contributed by atoms with van der Waals surface area (Å²) in [7, 11) is 0. The van der Waals surface area contributed by atoms with Crippen LogP contribution in [-0.4, -0.2) is 60.5 Å². The van der Waals surface area contributed by atoms with Crippen molar-refractivity contribution in [2.75, 3.05) is 32.7 Å². The molecular formula is C16H20N2O2. The zero-order valence-corrected chi connectivity index (χ0v) is 11.6. The van der Waals surface area contributed by atoms with Gasteiger partial charge in [-0.2, -0.15) is 0 Å². The number of fused-ring (bicyclic) bond motifs is 3. The van der Waals surface area contributed by atoms with Crippen LogP contribution < -0.4 is 4.74 Å². The van der Waals surface area contributed by atoms with Crippen LogP contribution >= 0.6 is 0 Å². The molecule has 3 heterocycles. The summed E-state index contributed by atoms with van der Waals surface area (Å²) in [4.78, 5) is 17.4. The molecule has 2 bridgehead atoms. The van der Waals surface area contributed by atoms with Gasteiger partial charge < -0.3 is 4.74 Å². The van der Waals surface area contributed by atoms with Crippen molar-refractivity contribution in [3.8, 4) is 5.75 Å². The summed E-state index contributed by atoms with van der Waals surface area (Å²) in [5, 5.41) is 0. The Bertz CT molecular complexity index is 502. The molecule has 1 saturated carbocycles. The molecule has 20 heavy (non-hydrogen) atoms. The topological polar surface area (TPSA) is 32.8 Å². The lowest BCUT2D eigenvalue weighted by atomic mass is 9.98. The van der Waals surface area contributed by atoms with Gasteiger partial charge >= 0.3 is 0 Å². The third kappa shape index (κ3) is 2.34. The fourth-order valence-electron chi connectivity index (χ4n) is 3.13. The van der Waals surface area contributed by atoms with Crippen LogP contribution in [0.3, 0.4) is 0 Å². The van der Waals surface area contributed by atoms with E-state index in [0.717, 1.165) is 56.9 Å². The molecule has 1 aliphatic carbocycles. The fourth-order valence-corrected chi connectivity index (χ4v) is 3.13. The van der Waals surface area contributed by atoms with Gasteiger partial charge in [0.1, 0.15) is 5.75 Å². The first-order valence-electron chi connectivity index (χ1n) is 7.57. The zero-order valence-electron chi connectivity index (χ0n) is 11.6. The lowest BCUT2D eigenvalue weighted by molar-refractivity contribution is 0.0159. The van der Waals surface area contributed by atoms with E-state index >= 15 is 0 Å². The van der Waals surface area contributed by atoms with E-state index in [0.29, 0.717) is 6.10 Å². The molecule has 4 aliphatic rings. The maximum Gasteiger partial charge on any atom is 0.181 e. The number of Topliss-reactive ketones (excluding diaryl/α,β-unsaturated/α-hetero) is 1. The van der Waals surface area contributed by atoms with Crippen molar-refractivity contribution in [2.24, 2.45) is 0 Å². The molecule has 0 N–H and O–H groups in total. The van der Waals surface area contributed by atoms with Gasteiger partial charge in [-0.25, -0.2) is 0 Å². The van der Waals surface area contributed by atoms with Crippen LogP contribution in [0.5, 0.6) is 5.75 Å². The van der Waals surface area contributed by atoms with Gasteiger partial charge in [-0.05, 0) is 37.1 Å². The van der Waals surface area contributed by atoms with Crippen LogP contribution in [0, 0.1) is 0 Å². The highest BCUT2D eigenvalue weighted by molar-refractivity contribution is 6.00. The Labute approximate surface area is 119 Å². The number of benzene rings is 1. The van der Waals surface area contributed by atoms with Crippen molar-refractivity contribution in [1.29, 1.82) is 0 Å². The smallest absolute Gasteiger partial charge is 0.181 e. The van der Waals surface area contributed by atoms with Crippen molar-refractivity contribution in [3.63, 3.8) is 0 Å². The minimum atomic E-state index is 0.0488. The Morgan fingerprint density at radius 3 is 2.30 bits per heavy atom. The molecule has 106 valence electrons. The number of carbonyl (C=O) groups excluding carboxylic acids is 1. The van der Waals surface area contributed by atoms with Crippen molar-refractivity contribution in [2.45, 2.75) is 25.0 Å². The molecule has 3 saturated heterocycles. The minimum absolute atomic E-state index is 0.0488. The monoisotopic (exact) mass is 272 g/mol. The highest BCUT2D eigenvalue weighted by Crippen LogP contribution is 2.27. The van der Waals surface area contributed by atoms with E-state index < -0.39 is 0 Å². The first-order valence-corrected chi connectivity index (χ1v) is 7.57. The van der Waals surface area contributed by atoms with Gasteiger partial charge in [-0.1, -0.05) is 0 Å². The van der Waals surface area contributed by atoms with Gasteiger partial charge in [-0.3, -0.25) is 14.6 Å². The van der Waals surface area contributed by atoms with E-state index in [2.05, 4.69) is 9.80 Å². The molecule has 0 aromatic heterocycles. The summed E-state index contributed by atoms with van der Waals surface area (Å²) in [6, 6.07) is 7.75. The minimum Gasteiger partial charge on any atom is -0.490 e. The van der Waals surface area contributed by atoms with E-state index in [1.165, 1.54) is 0 Å². The Morgan fingerprint density at radius 2 is 1.75 bits per heavy atom. The second kappa shape index (κ2) is 4.86. The molecule has 4 nitrogen and oxygen atoms in total. The molecule has 0 radical (unpaired) electrons. The molecule has 0 spiro atoms. The average molecular weight is 272 g/mol. The summed E-state index contributed by atoms with van der Waals surface area (Å²) >= 11 is 0. The molecule has 1 atom stereocenters. The van der Waals surface area contributed by atoms with Crippen LogP contribution in [0.1, 0.15) is 23.2 Å². The van der Waals surface area contributed by atoms with Crippen LogP contribution in [0.25, 0.3) is 0 Å². The molecule has 1 unspecified atom stereocenters. The lowest BCUT2D eigenvalue weighted by Gasteiger charge is -2.46. The first-order chi connectivity index (χ1) is 9.79. The Hall–Kier alpha value is -1.39. The van der Waals surface area contributed by atoms with E-state index in [-0.39, 0.29) is 11.8 Å². The van der Waals surface area contributed by atoms with Gasteiger partial charge in [0.25, 0.3) is 0 Å². The fraction of sp³-hybridized carbons (Fsp3) is 0.562. The largest absolute Gasteiger partial charge is 0.490 e. The summed E-state index contributed by atoms with van der Waals surface area (Å²) in [5.74, 6) is 1.14. The molecule has 0 amide bonds. The second-order valence-corrected chi connectivity index (χ2v) is 6.06. The maximum absolute atomic E-state index is 12.6. The number of piperazine rings is 3. The predicted octanol–water partition coefficient (Wildman–Crippen LogP) is 1.41. The third-order valence-electron chi connectivity index (χ3n) is 4.55. The molecule has 1 aromatic rings. The average Bonchev–Trinajstić information content (AvgIpc) is 3.32. The van der Waals surface area contributed by atoms with Crippen molar-refractivity contribution in [3.05, 3.63) is 29.8 Å². The van der Waals surface area contributed by atoms with Gasteiger partial charge in [-0.15, -0.1) is 0 Å². The first kappa shape index (κ1) is 12.4. The maximum atomic E-state index is 12.6. The van der Waals surface area contributed by atoms with Crippen molar-refractivity contribution in [1.82, 2.24) is 9.80 Å². The summed E-state index contributed by atoms with van der Waals surface area (Å²) < 4.78 is 5.72. The molecule has 3 aliphatic heterocycles. The van der Waals surface area contributed by atoms with Crippen LogP contribution in [0.2, 0.25) is 0 Å². The number of hydrogen-bond acceptors (Lipinski definition) is 4. The lowest BCUT2D eigenvalue weighted by Crippen LogP contribution is -2.63. The number of ketones is 1. The highest BCUT2D eigenvalue weighted by Gasteiger charge is 2.36. The number of rotatable bonds is 4.